The van der Waals surface area contributed by atoms with Gasteiger partial charge in [-0.05, 0) is 18.2 Å². The van der Waals surface area contributed by atoms with Gasteiger partial charge in [0.05, 0.1) is 17.4 Å². The highest BCUT2D eigenvalue weighted by Crippen LogP contribution is 2.34. The van der Waals surface area contributed by atoms with Gasteiger partial charge in [0.2, 0.25) is 0 Å². The van der Waals surface area contributed by atoms with Gasteiger partial charge in [-0.3, -0.25) is 9.69 Å². The molecular weight excluding hydrogens is 389 g/mol. The summed E-state index contributed by atoms with van der Waals surface area (Å²) in [4.78, 5) is 24.4. The molecule has 1 amide bonds. The highest BCUT2D eigenvalue weighted by molar-refractivity contribution is 8.26. The van der Waals surface area contributed by atoms with Crippen LogP contribution in [0.3, 0.4) is 0 Å². The van der Waals surface area contributed by atoms with Gasteiger partial charge in [-0.2, -0.15) is 0 Å². The van der Waals surface area contributed by atoms with E-state index in [2.05, 4.69) is 0 Å². The van der Waals surface area contributed by atoms with Gasteiger partial charge in [-0.15, -0.1) is 0 Å². The minimum absolute atomic E-state index is 0.0309. The molecule has 0 radical (unpaired) electrons. The predicted molar refractivity (Wildman–Crippen MR) is 102 cm³/mol. The third-order valence-electron chi connectivity index (χ3n) is 3.71. The lowest BCUT2D eigenvalue weighted by molar-refractivity contribution is -0.305. The lowest BCUT2D eigenvalue weighted by atomic mass is 10.1. The SMILES string of the molecule is O=C([O-])CN1C(=O)/C(=C/c2ccccc2OCc2ccccc2F)SC1=S. The summed E-state index contributed by atoms with van der Waals surface area (Å²) in [5.74, 6) is -1.79. The fraction of sp³-hybridized carbons (Fsp3) is 0.105. The molecule has 1 fully saturated rings. The van der Waals surface area contributed by atoms with Crippen molar-refractivity contribution in [3.8, 4) is 5.75 Å². The van der Waals surface area contributed by atoms with E-state index in [0.717, 1.165) is 16.7 Å². The second-order valence-corrected chi connectivity index (χ2v) is 7.23. The van der Waals surface area contributed by atoms with Crippen LogP contribution in [0.5, 0.6) is 5.75 Å². The summed E-state index contributed by atoms with van der Waals surface area (Å²) in [5.41, 5.74) is 1.01. The van der Waals surface area contributed by atoms with Crippen LogP contribution >= 0.6 is 24.0 Å². The Kier molecular flexibility index (Phi) is 5.88. The first-order chi connectivity index (χ1) is 13.0. The average Bonchev–Trinajstić information content (AvgIpc) is 2.89. The highest BCUT2D eigenvalue weighted by Gasteiger charge is 2.32. The van der Waals surface area contributed by atoms with Crippen molar-refractivity contribution in [3.05, 3.63) is 70.4 Å². The first-order valence-electron chi connectivity index (χ1n) is 7.86. The molecule has 8 heteroatoms. The van der Waals surface area contributed by atoms with E-state index in [0.29, 0.717) is 16.9 Å². The van der Waals surface area contributed by atoms with Crippen molar-refractivity contribution in [1.82, 2.24) is 4.90 Å². The number of benzene rings is 2. The number of para-hydroxylation sites is 1. The van der Waals surface area contributed by atoms with Crippen molar-refractivity contribution >= 4 is 46.3 Å². The molecule has 1 saturated heterocycles. The van der Waals surface area contributed by atoms with Gasteiger partial charge in [0.25, 0.3) is 5.91 Å². The van der Waals surface area contributed by atoms with Crippen LogP contribution in [0.15, 0.2) is 53.4 Å². The molecule has 138 valence electrons. The van der Waals surface area contributed by atoms with Crippen LogP contribution in [-0.2, 0) is 16.2 Å². The molecule has 0 aromatic heterocycles. The highest BCUT2D eigenvalue weighted by atomic mass is 32.2. The van der Waals surface area contributed by atoms with E-state index in [9.17, 15) is 19.1 Å². The number of carboxylic acid groups (broad SMARTS) is 1. The minimum Gasteiger partial charge on any atom is -0.548 e. The van der Waals surface area contributed by atoms with E-state index in [1.165, 1.54) is 6.07 Å². The summed E-state index contributed by atoms with van der Waals surface area (Å²) >= 11 is 6.06. The van der Waals surface area contributed by atoms with Crippen molar-refractivity contribution in [2.75, 3.05) is 6.54 Å². The van der Waals surface area contributed by atoms with Crippen LogP contribution in [0.1, 0.15) is 11.1 Å². The van der Waals surface area contributed by atoms with Crippen molar-refractivity contribution in [3.63, 3.8) is 0 Å². The Morgan fingerprint density at radius 1 is 1.22 bits per heavy atom. The van der Waals surface area contributed by atoms with E-state index < -0.39 is 18.4 Å². The molecule has 0 N–H and O–H groups in total. The number of rotatable bonds is 6. The standard InChI is InChI=1S/C19H14FNO4S2/c20-14-7-3-1-6-13(14)11-25-15-8-4-2-5-12(15)9-16-18(24)21(10-17(22)23)19(26)27-16/h1-9H,10-11H2,(H,22,23)/p-1/b16-9-. The number of thiocarbonyl (C=S) groups is 1. The van der Waals surface area contributed by atoms with Crippen LogP contribution < -0.4 is 9.84 Å². The van der Waals surface area contributed by atoms with Gasteiger partial charge in [-0.1, -0.05) is 60.4 Å². The number of carbonyl (C=O) groups excluding carboxylic acids is 2. The Balaban J connectivity index is 1.81. The molecule has 0 spiro atoms. The summed E-state index contributed by atoms with van der Waals surface area (Å²) in [6.07, 6.45) is 1.57. The molecule has 0 saturated carbocycles. The molecule has 1 heterocycles. The third kappa shape index (κ3) is 4.53. The maximum absolute atomic E-state index is 13.7. The number of nitrogens with zero attached hydrogens (tertiary/aromatic N) is 1. The number of ether oxygens (including phenoxy) is 1. The number of amides is 1. The lowest BCUT2D eigenvalue weighted by Gasteiger charge is -2.14. The largest absolute Gasteiger partial charge is 0.548 e. The van der Waals surface area contributed by atoms with Crippen molar-refractivity contribution < 1.29 is 23.8 Å². The average molecular weight is 402 g/mol. The fourth-order valence-corrected chi connectivity index (χ4v) is 3.65. The molecule has 2 aromatic rings. The predicted octanol–water partition coefficient (Wildman–Crippen LogP) is 2.36. The van der Waals surface area contributed by atoms with Crippen LogP contribution in [0, 0.1) is 5.82 Å². The molecule has 2 aromatic carbocycles. The van der Waals surface area contributed by atoms with Gasteiger partial charge in [0, 0.05) is 11.1 Å². The van der Waals surface area contributed by atoms with Crippen LogP contribution in [0.2, 0.25) is 0 Å². The Bertz CT molecular complexity index is 945. The third-order valence-corrected chi connectivity index (χ3v) is 5.09. The van der Waals surface area contributed by atoms with Gasteiger partial charge in [-0.25, -0.2) is 4.39 Å². The van der Waals surface area contributed by atoms with Crippen molar-refractivity contribution in [1.29, 1.82) is 0 Å². The number of hydrogen-bond donors (Lipinski definition) is 0. The summed E-state index contributed by atoms with van der Waals surface area (Å²) in [7, 11) is 0. The number of hydrogen-bond acceptors (Lipinski definition) is 6. The molecule has 1 aliphatic rings. The first kappa shape index (κ1) is 19.1. The smallest absolute Gasteiger partial charge is 0.266 e. The molecular formula is C19H13FNO4S2-. The van der Waals surface area contributed by atoms with Crippen LogP contribution in [0.25, 0.3) is 6.08 Å². The monoisotopic (exact) mass is 402 g/mol. The molecule has 0 atom stereocenters. The van der Waals surface area contributed by atoms with Gasteiger partial charge < -0.3 is 14.6 Å². The van der Waals surface area contributed by atoms with Gasteiger partial charge >= 0.3 is 0 Å². The quantitative estimate of drug-likeness (QED) is 0.546. The van der Waals surface area contributed by atoms with E-state index >= 15 is 0 Å². The van der Waals surface area contributed by atoms with Crippen LogP contribution in [-0.4, -0.2) is 27.6 Å². The van der Waals surface area contributed by atoms with E-state index in [-0.39, 0.29) is 21.6 Å². The number of carboxylic acids is 1. The zero-order valence-corrected chi connectivity index (χ0v) is 15.5. The Labute approximate surface area is 164 Å². The summed E-state index contributed by atoms with van der Waals surface area (Å²) in [6.45, 7) is -0.559. The summed E-state index contributed by atoms with van der Waals surface area (Å²) in [5, 5.41) is 10.8. The lowest BCUT2D eigenvalue weighted by Crippen LogP contribution is -2.40. The van der Waals surface area contributed by atoms with Crippen molar-refractivity contribution in [2.24, 2.45) is 0 Å². The Hall–Kier alpha value is -2.71. The Morgan fingerprint density at radius 2 is 1.93 bits per heavy atom. The second-order valence-electron chi connectivity index (χ2n) is 5.56. The number of halogens is 1. The topological polar surface area (TPSA) is 69.7 Å². The molecule has 1 aliphatic heterocycles. The molecule has 0 bridgehead atoms. The van der Waals surface area contributed by atoms with Gasteiger partial charge in [0.1, 0.15) is 22.5 Å². The second kappa shape index (κ2) is 8.32. The maximum atomic E-state index is 13.7. The van der Waals surface area contributed by atoms with Gasteiger partial charge in [0.15, 0.2) is 0 Å². The number of carbonyl (C=O) groups is 2. The normalized spacial score (nSPS) is 15.4. The minimum atomic E-state index is -1.39. The fourth-order valence-electron chi connectivity index (χ4n) is 2.41. The summed E-state index contributed by atoms with van der Waals surface area (Å²) < 4.78 is 19.6. The van der Waals surface area contributed by atoms with Crippen LogP contribution in [0.4, 0.5) is 4.39 Å². The molecule has 0 aliphatic carbocycles. The van der Waals surface area contributed by atoms with E-state index in [4.69, 9.17) is 17.0 Å². The summed E-state index contributed by atoms with van der Waals surface area (Å²) in [6, 6.07) is 13.3. The number of aliphatic carboxylic acids is 1. The first-order valence-corrected chi connectivity index (χ1v) is 9.08. The Morgan fingerprint density at radius 3 is 2.67 bits per heavy atom. The zero-order chi connectivity index (χ0) is 19.4. The maximum Gasteiger partial charge on any atom is 0.266 e. The zero-order valence-electron chi connectivity index (χ0n) is 13.9. The molecule has 3 rings (SSSR count). The van der Waals surface area contributed by atoms with E-state index in [1.54, 1.807) is 48.5 Å². The molecule has 27 heavy (non-hydrogen) atoms. The molecule has 5 nitrogen and oxygen atoms in total. The van der Waals surface area contributed by atoms with E-state index in [1.807, 2.05) is 0 Å². The molecule has 0 unspecified atom stereocenters. The van der Waals surface area contributed by atoms with Crippen molar-refractivity contribution in [2.45, 2.75) is 6.61 Å². The number of thioether (sulfide) groups is 1.